The van der Waals surface area contributed by atoms with E-state index in [1.807, 2.05) is 25.8 Å². The quantitative estimate of drug-likeness (QED) is 0.594. The Bertz CT molecular complexity index is 553. The number of hydrogen-bond donors (Lipinski definition) is 4. The predicted octanol–water partition coefficient (Wildman–Crippen LogP) is -0.410. The number of aromatic amines is 2. The molecule has 0 bridgehead atoms. The monoisotopic (exact) mass is 269 g/mol. The first-order valence-electron chi connectivity index (χ1n) is 5.97. The van der Waals surface area contributed by atoms with Gasteiger partial charge in [0.25, 0.3) is 11.5 Å². The first kappa shape index (κ1) is 15.2. The Labute approximate surface area is 110 Å². The summed E-state index contributed by atoms with van der Waals surface area (Å²) >= 11 is 0. The van der Waals surface area contributed by atoms with Crippen molar-refractivity contribution in [3.63, 3.8) is 0 Å². The molecule has 1 aromatic heterocycles. The number of aliphatic hydroxyl groups excluding tert-OH is 1. The van der Waals surface area contributed by atoms with Gasteiger partial charge in [-0.15, -0.1) is 0 Å². The Hall–Kier alpha value is -1.89. The van der Waals surface area contributed by atoms with Crippen molar-refractivity contribution in [3.05, 3.63) is 32.6 Å². The zero-order chi connectivity index (χ0) is 14.6. The Kier molecular flexibility index (Phi) is 4.66. The molecule has 0 aromatic carbocycles. The fourth-order valence-corrected chi connectivity index (χ4v) is 1.66. The standard InChI is InChI=1S/C12H19N3O4/c1-12(2,3)4-7(16)5-13-9(17)8-6-14-11(19)15-10(8)18/h6-7,16H,4-5H2,1-3H3,(H,13,17)(H2,14,15,18,19). The van der Waals surface area contributed by atoms with Gasteiger partial charge in [-0.1, -0.05) is 20.8 Å². The third kappa shape index (κ3) is 5.09. The molecule has 1 aromatic rings. The summed E-state index contributed by atoms with van der Waals surface area (Å²) in [5.41, 5.74) is -1.68. The fourth-order valence-electron chi connectivity index (χ4n) is 1.66. The summed E-state index contributed by atoms with van der Waals surface area (Å²) in [5.74, 6) is -0.634. The molecule has 1 unspecified atom stereocenters. The van der Waals surface area contributed by atoms with Crippen molar-refractivity contribution in [2.45, 2.75) is 33.3 Å². The van der Waals surface area contributed by atoms with Crippen molar-refractivity contribution in [1.82, 2.24) is 15.3 Å². The predicted molar refractivity (Wildman–Crippen MR) is 70.1 cm³/mol. The Balaban J connectivity index is 2.61. The van der Waals surface area contributed by atoms with Gasteiger partial charge in [0.2, 0.25) is 0 Å². The molecule has 0 aliphatic carbocycles. The maximum Gasteiger partial charge on any atom is 0.325 e. The lowest BCUT2D eigenvalue weighted by Crippen LogP contribution is -2.38. The van der Waals surface area contributed by atoms with E-state index in [0.717, 1.165) is 6.20 Å². The number of amides is 1. The second kappa shape index (κ2) is 5.83. The molecule has 1 rings (SSSR count). The first-order valence-corrected chi connectivity index (χ1v) is 5.97. The summed E-state index contributed by atoms with van der Waals surface area (Å²) in [4.78, 5) is 38.0. The zero-order valence-corrected chi connectivity index (χ0v) is 11.2. The highest BCUT2D eigenvalue weighted by molar-refractivity contribution is 5.93. The zero-order valence-electron chi connectivity index (χ0n) is 11.2. The SMILES string of the molecule is CC(C)(C)CC(O)CNC(=O)c1c[nH]c(=O)[nH]c1=O. The van der Waals surface area contributed by atoms with Crippen LogP contribution in [-0.4, -0.2) is 33.6 Å². The molecule has 7 nitrogen and oxygen atoms in total. The molecule has 4 N–H and O–H groups in total. The maximum absolute atomic E-state index is 11.7. The van der Waals surface area contributed by atoms with Gasteiger partial charge in [-0.3, -0.25) is 14.6 Å². The molecule has 0 saturated heterocycles. The van der Waals surface area contributed by atoms with Crippen molar-refractivity contribution in [2.75, 3.05) is 6.54 Å². The highest BCUT2D eigenvalue weighted by Gasteiger charge is 2.18. The molecule has 19 heavy (non-hydrogen) atoms. The van der Waals surface area contributed by atoms with Crippen molar-refractivity contribution in [3.8, 4) is 0 Å². The van der Waals surface area contributed by atoms with E-state index in [1.54, 1.807) is 0 Å². The number of rotatable bonds is 4. The van der Waals surface area contributed by atoms with Gasteiger partial charge in [-0.2, -0.15) is 0 Å². The molecular formula is C12H19N3O4. The van der Waals surface area contributed by atoms with Gasteiger partial charge in [0.15, 0.2) is 0 Å². The molecule has 7 heteroatoms. The van der Waals surface area contributed by atoms with E-state index in [1.165, 1.54) is 0 Å². The molecule has 1 heterocycles. The van der Waals surface area contributed by atoms with Crippen LogP contribution in [-0.2, 0) is 0 Å². The molecule has 0 aliphatic heterocycles. The van der Waals surface area contributed by atoms with Crippen molar-refractivity contribution >= 4 is 5.91 Å². The van der Waals surface area contributed by atoms with Crippen LogP contribution in [0.2, 0.25) is 0 Å². The van der Waals surface area contributed by atoms with Crippen LogP contribution in [0, 0.1) is 5.41 Å². The van der Waals surface area contributed by atoms with E-state index in [9.17, 15) is 19.5 Å². The normalized spacial score (nSPS) is 13.1. The minimum atomic E-state index is -0.758. The lowest BCUT2D eigenvalue weighted by atomic mass is 9.89. The Morgan fingerprint density at radius 1 is 1.42 bits per heavy atom. The van der Waals surface area contributed by atoms with Gasteiger partial charge in [-0.05, 0) is 11.8 Å². The minimum Gasteiger partial charge on any atom is -0.391 e. The van der Waals surface area contributed by atoms with Crippen molar-refractivity contribution in [2.24, 2.45) is 5.41 Å². The number of aromatic nitrogens is 2. The molecule has 0 saturated carbocycles. The smallest absolute Gasteiger partial charge is 0.325 e. The highest BCUT2D eigenvalue weighted by Crippen LogP contribution is 2.20. The van der Waals surface area contributed by atoms with Crippen molar-refractivity contribution < 1.29 is 9.90 Å². The number of carbonyl (C=O) groups excluding carboxylic acids is 1. The third-order valence-electron chi connectivity index (χ3n) is 2.41. The van der Waals surface area contributed by atoms with Gasteiger partial charge in [0, 0.05) is 12.7 Å². The van der Waals surface area contributed by atoms with E-state index in [-0.39, 0.29) is 17.5 Å². The lowest BCUT2D eigenvalue weighted by molar-refractivity contribution is 0.0867. The van der Waals surface area contributed by atoms with Crippen molar-refractivity contribution in [1.29, 1.82) is 0 Å². The van der Waals surface area contributed by atoms with Gasteiger partial charge < -0.3 is 15.4 Å². The van der Waals surface area contributed by atoms with Gasteiger partial charge in [-0.25, -0.2) is 4.79 Å². The Morgan fingerprint density at radius 3 is 2.58 bits per heavy atom. The van der Waals surface area contributed by atoms with Gasteiger partial charge in [0.05, 0.1) is 6.10 Å². The minimum absolute atomic E-state index is 0.0503. The summed E-state index contributed by atoms with van der Waals surface area (Å²) in [5, 5.41) is 12.2. The average molecular weight is 269 g/mol. The van der Waals surface area contributed by atoms with E-state index in [2.05, 4.69) is 10.3 Å². The van der Waals surface area contributed by atoms with E-state index < -0.39 is 23.3 Å². The lowest BCUT2D eigenvalue weighted by Gasteiger charge is -2.22. The molecule has 0 fully saturated rings. The number of H-pyrrole nitrogens is 2. The summed E-state index contributed by atoms with van der Waals surface area (Å²) in [6.07, 6.45) is 0.882. The second-order valence-electron chi connectivity index (χ2n) is 5.61. The topological polar surface area (TPSA) is 115 Å². The van der Waals surface area contributed by atoms with Crippen LogP contribution < -0.4 is 16.6 Å². The summed E-state index contributed by atoms with van der Waals surface area (Å²) in [6.45, 7) is 5.98. The van der Waals surface area contributed by atoms with Crippen LogP contribution in [0.1, 0.15) is 37.6 Å². The van der Waals surface area contributed by atoms with Gasteiger partial charge in [0.1, 0.15) is 5.56 Å². The number of carbonyl (C=O) groups is 1. The maximum atomic E-state index is 11.7. The molecule has 1 amide bonds. The molecular weight excluding hydrogens is 250 g/mol. The van der Waals surface area contributed by atoms with E-state index >= 15 is 0 Å². The van der Waals surface area contributed by atoms with Crippen LogP contribution >= 0.6 is 0 Å². The van der Waals surface area contributed by atoms with Gasteiger partial charge >= 0.3 is 5.69 Å². The molecule has 0 spiro atoms. The second-order valence-corrected chi connectivity index (χ2v) is 5.61. The Morgan fingerprint density at radius 2 is 2.05 bits per heavy atom. The number of hydrogen-bond acceptors (Lipinski definition) is 4. The highest BCUT2D eigenvalue weighted by atomic mass is 16.3. The molecule has 0 radical (unpaired) electrons. The van der Waals surface area contributed by atoms with E-state index in [0.29, 0.717) is 6.42 Å². The first-order chi connectivity index (χ1) is 8.69. The van der Waals surface area contributed by atoms with E-state index in [4.69, 9.17) is 0 Å². The van der Waals surface area contributed by atoms with Crippen LogP contribution in [0.15, 0.2) is 15.8 Å². The largest absolute Gasteiger partial charge is 0.391 e. The summed E-state index contributed by atoms with van der Waals surface area (Å²) in [7, 11) is 0. The number of nitrogens with one attached hydrogen (secondary N) is 3. The van der Waals surface area contributed by atoms with Crippen LogP contribution in [0.4, 0.5) is 0 Å². The molecule has 106 valence electrons. The molecule has 0 aliphatic rings. The number of aliphatic hydroxyl groups is 1. The summed E-state index contributed by atoms with van der Waals surface area (Å²) in [6, 6.07) is 0. The fraction of sp³-hybridized carbons (Fsp3) is 0.583. The average Bonchev–Trinajstić information content (AvgIpc) is 2.23. The third-order valence-corrected chi connectivity index (χ3v) is 2.41. The van der Waals surface area contributed by atoms with Crippen LogP contribution in [0.5, 0.6) is 0 Å². The van der Waals surface area contributed by atoms with Crippen LogP contribution in [0.25, 0.3) is 0 Å². The van der Waals surface area contributed by atoms with Crippen LogP contribution in [0.3, 0.4) is 0 Å². The summed E-state index contributed by atoms with van der Waals surface area (Å²) < 4.78 is 0. The molecule has 1 atom stereocenters.